The average molecular weight is 459 g/mol. The Morgan fingerprint density at radius 3 is 2.44 bits per heavy atom. The van der Waals surface area contributed by atoms with Gasteiger partial charge in [-0.2, -0.15) is 5.10 Å². The Bertz CT molecular complexity index is 1110. The van der Waals surface area contributed by atoms with Gasteiger partial charge in [-0.25, -0.2) is 13.9 Å². The van der Waals surface area contributed by atoms with Crippen molar-refractivity contribution in [2.45, 2.75) is 27.3 Å². The number of benzene rings is 2. The smallest absolute Gasteiger partial charge is 0.411 e. The summed E-state index contributed by atoms with van der Waals surface area (Å²) < 4.78 is 19.7. The zero-order chi connectivity index (χ0) is 23.3. The number of nitrogens with one attached hydrogen (secondary N) is 2. The number of nitrogens with zero attached hydrogens (tertiary/aromatic N) is 2. The molecule has 0 aliphatic heterocycles. The van der Waals surface area contributed by atoms with Gasteiger partial charge in [-0.05, 0) is 48.7 Å². The van der Waals surface area contributed by atoms with Crippen molar-refractivity contribution < 1.29 is 18.7 Å². The highest BCUT2D eigenvalue weighted by Crippen LogP contribution is 2.23. The van der Waals surface area contributed by atoms with E-state index in [0.29, 0.717) is 30.2 Å². The van der Waals surface area contributed by atoms with E-state index in [1.54, 1.807) is 43.3 Å². The predicted molar refractivity (Wildman–Crippen MR) is 122 cm³/mol. The second-order valence-electron chi connectivity index (χ2n) is 7.69. The van der Waals surface area contributed by atoms with Gasteiger partial charge < -0.3 is 10.1 Å². The first kappa shape index (κ1) is 23.3. The van der Waals surface area contributed by atoms with Crippen molar-refractivity contribution >= 4 is 35.0 Å². The van der Waals surface area contributed by atoms with Gasteiger partial charge in [0.2, 0.25) is 0 Å². The highest BCUT2D eigenvalue weighted by molar-refractivity contribution is 6.33. The minimum atomic E-state index is -0.567. The SMILES string of the molecule is Cc1nn(Cc2ccc(F)cc2)c(Cl)c1C(=O)Nc1cccc(NC(=O)OCC(C)C)c1. The molecule has 168 valence electrons. The molecule has 0 radical (unpaired) electrons. The van der Waals surface area contributed by atoms with Crippen LogP contribution in [0.25, 0.3) is 0 Å². The number of carbonyl (C=O) groups excluding carboxylic acids is 2. The maximum Gasteiger partial charge on any atom is 0.411 e. The van der Waals surface area contributed by atoms with E-state index in [1.807, 2.05) is 13.8 Å². The van der Waals surface area contributed by atoms with E-state index < -0.39 is 12.0 Å². The number of hydrogen-bond acceptors (Lipinski definition) is 4. The Balaban J connectivity index is 1.70. The molecule has 0 bridgehead atoms. The molecule has 0 aliphatic rings. The molecule has 2 aromatic carbocycles. The van der Waals surface area contributed by atoms with Gasteiger partial charge in [0.25, 0.3) is 5.91 Å². The summed E-state index contributed by atoms with van der Waals surface area (Å²) in [5, 5.41) is 9.91. The van der Waals surface area contributed by atoms with E-state index >= 15 is 0 Å². The number of halogens is 2. The van der Waals surface area contributed by atoms with Gasteiger partial charge in [0.1, 0.15) is 11.0 Å². The Hall–Kier alpha value is -3.39. The Morgan fingerprint density at radius 1 is 1.12 bits per heavy atom. The van der Waals surface area contributed by atoms with Gasteiger partial charge in [0.05, 0.1) is 24.4 Å². The summed E-state index contributed by atoms with van der Waals surface area (Å²) in [4.78, 5) is 24.7. The molecule has 7 nitrogen and oxygen atoms in total. The maximum atomic E-state index is 13.1. The van der Waals surface area contributed by atoms with Crippen LogP contribution in [-0.2, 0) is 11.3 Å². The Morgan fingerprint density at radius 2 is 1.78 bits per heavy atom. The van der Waals surface area contributed by atoms with Gasteiger partial charge in [0.15, 0.2) is 0 Å². The summed E-state index contributed by atoms with van der Waals surface area (Å²) in [6.45, 7) is 6.18. The van der Waals surface area contributed by atoms with Gasteiger partial charge in [-0.3, -0.25) is 10.1 Å². The van der Waals surface area contributed by atoms with E-state index in [1.165, 1.54) is 16.8 Å². The van der Waals surface area contributed by atoms with E-state index in [0.717, 1.165) is 5.56 Å². The molecule has 0 unspecified atom stereocenters. The second-order valence-corrected chi connectivity index (χ2v) is 8.05. The van der Waals surface area contributed by atoms with E-state index in [-0.39, 0.29) is 22.5 Å². The minimum absolute atomic E-state index is 0.177. The van der Waals surface area contributed by atoms with Crippen LogP contribution in [0.15, 0.2) is 48.5 Å². The quantitative estimate of drug-likeness (QED) is 0.490. The predicted octanol–water partition coefficient (Wildman–Crippen LogP) is 5.49. The van der Waals surface area contributed by atoms with Crippen LogP contribution in [-0.4, -0.2) is 28.4 Å². The molecular weight excluding hydrogens is 435 g/mol. The lowest BCUT2D eigenvalue weighted by molar-refractivity contribution is 0.102. The molecule has 2 amide bonds. The monoisotopic (exact) mass is 458 g/mol. The highest BCUT2D eigenvalue weighted by Gasteiger charge is 2.21. The molecule has 3 aromatic rings. The molecule has 0 spiro atoms. The summed E-state index contributed by atoms with van der Waals surface area (Å²) >= 11 is 6.42. The Kier molecular flexibility index (Phi) is 7.48. The van der Waals surface area contributed by atoms with Crippen LogP contribution in [0.4, 0.5) is 20.6 Å². The van der Waals surface area contributed by atoms with E-state index in [2.05, 4.69) is 15.7 Å². The summed E-state index contributed by atoms with van der Waals surface area (Å²) in [5.74, 6) is -0.540. The first-order chi connectivity index (χ1) is 15.2. The molecule has 9 heteroatoms. The summed E-state index contributed by atoms with van der Waals surface area (Å²) in [7, 11) is 0. The Labute approximate surface area is 190 Å². The normalized spacial score (nSPS) is 10.8. The van der Waals surface area contributed by atoms with E-state index in [9.17, 15) is 14.0 Å². The largest absolute Gasteiger partial charge is 0.449 e. The minimum Gasteiger partial charge on any atom is -0.449 e. The number of ether oxygens (including phenoxy) is 1. The van der Waals surface area contributed by atoms with Crippen LogP contribution in [0.1, 0.15) is 35.5 Å². The second kappa shape index (κ2) is 10.3. The fraction of sp³-hybridized carbons (Fsp3) is 0.261. The zero-order valence-electron chi connectivity index (χ0n) is 18.0. The first-order valence-electron chi connectivity index (χ1n) is 10.1. The number of aromatic nitrogens is 2. The lowest BCUT2D eigenvalue weighted by Crippen LogP contribution is -2.17. The fourth-order valence-electron chi connectivity index (χ4n) is 2.94. The van der Waals surface area contributed by atoms with E-state index in [4.69, 9.17) is 16.3 Å². The third kappa shape index (κ3) is 6.07. The van der Waals surface area contributed by atoms with Crippen molar-refractivity contribution in [1.82, 2.24) is 9.78 Å². The van der Waals surface area contributed by atoms with Gasteiger partial charge in [0, 0.05) is 11.4 Å². The molecule has 0 saturated heterocycles. The molecule has 0 fully saturated rings. The molecular formula is C23H24ClFN4O3. The topological polar surface area (TPSA) is 85.3 Å². The molecule has 2 N–H and O–H groups in total. The van der Waals surface area contributed by atoms with Crippen LogP contribution in [0.2, 0.25) is 5.15 Å². The van der Waals surface area contributed by atoms with Gasteiger partial charge in [-0.1, -0.05) is 43.6 Å². The average Bonchev–Trinajstić information content (AvgIpc) is 3.01. The number of rotatable bonds is 7. The number of anilines is 2. The molecule has 0 atom stereocenters. The van der Waals surface area contributed by atoms with Crippen molar-refractivity contribution in [2.24, 2.45) is 5.92 Å². The van der Waals surface area contributed by atoms with Crippen molar-refractivity contribution in [3.05, 3.63) is 76.3 Å². The van der Waals surface area contributed by atoms with Gasteiger partial charge in [-0.15, -0.1) is 0 Å². The van der Waals surface area contributed by atoms with Crippen LogP contribution in [0.3, 0.4) is 0 Å². The maximum absolute atomic E-state index is 13.1. The lowest BCUT2D eigenvalue weighted by atomic mass is 10.2. The molecule has 3 rings (SSSR count). The lowest BCUT2D eigenvalue weighted by Gasteiger charge is -2.10. The molecule has 0 aliphatic carbocycles. The summed E-state index contributed by atoms with van der Waals surface area (Å²) in [5.41, 5.74) is 2.44. The van der Waals surface area contributed by atoms with Crippen molar-refractivity contribution in [1.29, 1.82) is 0 Å². The van der Waals surface area contributed by atoms with Crippen LogP contribution in [0, 0.1) is 18.7 Å². The number of carbonyl (C=O) groups is 2. The number of aryl methyl sites for hydroxylation is 1. The van der Waals surface area contributed by atoms with Crippen LogP contribution < -0.4 is 10.6 Å². The van der Waals surface area contributed by atoms with Crippen molar-refractivity contribution in [3.8, 4) is 0 Å². The molecule has 0 saturated carbocycles. The third-order valence-corrected chi connectivity index (χ3v) is 4.84. The van der Waals surface area contributed by atoms with Crippen molar-refractivity contribution in [2.75, 3.05) is 17.2 Å². The first-order valence-corrected chi connectivity index (χ1v) is 10.4. The number of hydrogen-bond donors (Lipinski definition) is 2. The summed E-state index contributed by atoms with van der Waals surface area (Å²) in [6, 6.07) is 12.7. The van der Waals surface area contributed by atoms with Gasteiger partial charge >= 0.3 is 6.09 Å². The molecule has 32 heavy (non-hydrogen) atoms. The standard InChI is InChI=1S/C23H24ClFN4O3/c1-14(2)13-32-23(31)27-19-6-4-5-18(11-19)26-22(30)20-15(3)28-29(21(20)24)12-16-7-9-17(25)10-8-16/h4-11,14H,12-13H2,1-3H3,(H,26,30)(H,27,31). The van der Waals surface area contributed by atoms with Crippen LogP contribution in [0.5, 0.6) is 0 Å². The van der Waals surface area contributed by atoms with Crippen molar-refractivity contribution in [3.63, 3.8) is 0 Å². The fourth-order valence-corrected chi connectivity index (χ4v) is 3.26. The molecule has 1 aromatic heterocycles. The zero-order valence-corrected chi connectivity index (χ0v) is 18.7. The van der Waals surface area contributed by atoms with Crippen LogP contribution >= 0.6 is 11.6 Å². The highest BCUT2D eigenvalue weighted by atomic mass is 35.5. The summed E-state index contributed by atoms with van der Waals surface area (Å²) in [6.07, 6.45) is -0.567. The molecule has 1 heterocycles. The third-order valence-electron chi connectivity index (χ3n) is 4.45. The number of amides is 2.